The van der Waals surface area contributed by atoms with Crippen molar-refractivity contribution in [3.05, 3.63) is 65.5 Å². The molecule has 32 heavy (non-hydrogen) atoms. The summed E-state index contributed by atoms with van der Waals surface area (Å²) in [6.07, 6.45) is 2.58. The highest BCUT2D eigenvalue weighted by molar-refractivity contribution is 7.90. The average Bonchev–Trinajstić information content (AvgIpc) is 3.39. The molecule has 0 atom stereocenters. The molecule has 2 amide bonds. The third-order valence-corrected chi connectivity index (χ3v) is 5.95. The molecule has 3 heterocycles. The van der Waals surface area contributed by atoms with Gasteiger partial charge >= 0.3 is 0 Å². The Morgan fingerprint density at radius 1 is 1.06 bits per heavy atom. The summed E-state index contributed by atoms with van der Waals surface area (Å²) in [6, 6.07) is 10.4. The summed E-state index contributed by atoms with van der Waals surface area (Å²) >= 11 is 0. The van der Waals surface area contributed by atoms with Gasteiger partial charge in [-0.15, -0.1) is 0 Å². The zero-order valence-electron chi connectivity index (χ0n) is 17.4. The van der Waals surface area contributed by atoms with E-state index in [-0.39, 0.29) is 16.0 Å². The van der Waals surface area contributed by atoms with Crippen molar-refractivity contribution in [1.82, 2.24) is 25.6 Å². The van der Waals surface area contributed by atoms with E-state index in [4.69, 9.17) is 4.42 Å². The molecule has 11 heteroatoms. The molecule has 4 aromatic rings. The van der Waals surface area contributed by atoms with E-state index in [0.29, 0.717) is 28.2 Å². The Labute approximate surface area is 183 Å². The number of nitrogens with one attached hydrogen (secondary N) is 2. The van der Waals surface area contributed by atoms with Crippen LogP contribution in [0.25, 0.3) is 22.5 Å². The molecule has 0 saturated carbocycles. The molecule has 0 bridgehead atoms. The number of sulfone groups is 1. The second-order valence-corrected chi connectivity index (χ2v) is 9.16. The Bertz CT molecular complexity index is 1440. The van der Waals surface area contributed by atoms with E-state index < -0.39 is 21.7 Å². The van der Waals surface area contributed by atoms with Crippen LogP contribution in [0.3, 0.4) is 0 Å². The van der Waals surface area contributed by atoms with Gasteiger partial charge in [0.15, 0.2) is 21.2 Å². The molecule has 164 valence electrons. The number of aromatic nitrogens is 3. The molecule has 2 N–H and O–H groups in total. The van der Waals surface area contributed by atoms with Crippen LogP contribution in [0.5, 0.6) is 0 Å². The largest absolute Gasteiger partial charge is 0.463 e. The van der Waals surface area contributed by atoms with Gasteiger partial charge in [-0.3, -0.25) is 25.1 Å². The number of carbonyl (C=O) groups excluding carboxylic acids is 2. The van der Waals surface area contributed by atoms with Crippen molar-refractivity contribution in [1.29, 1.82) is 0 Å². The minimum Gasteiger partial charge on any atom is -0.463 e. The number of hydrogen-bond donors (Lipinski definition) is 2. The lowest BCUT2D eigenvalue weighted by molar-refractivity contribution is 0.0847. The number of pyridine rings is 1. The van der Waals surface area contributed by atoms with Gasteiger partial charge in [-0.25, -0.2) is 13.4 Å². The maximum Gasteiger partial charge on any atom is 0.270 e. The predicted octanol–water partition coefficient (Wildman–Crippen LogP) is 2.02. The van der Waals surface area contributed by atoms with E-state index in [9.17, 15) is 18.0 Å². The molecule has 1 aromatic carbocycles. The van der Waals surface area contributed by atoms with E-state index in [2.05, 4.69) is 20.9 Å². The van der Waals surface area contributed by atoms with Crippen LogP contribution < -0.4 is 10.9 Å². The average molecular weight is 453 g/mol. The summed E-state index contributed by atoms with van der Waals surface area (Å²) < 4.78 is 30.1. The fourth-order valence-corrected chi connectivity index (χ4v) is 3.91. The number of nitrogens with zero attached hydrogens (tertiary/aromatic N) is 3. The Morgan fingerprint density at radius 3 is 2.38 bits per heavy atom. The van der Waals surface area contributed by atoms with Gasteiger partial charge in [0, 0.05) is 18.9 Å². The van der Waals surface area contributed by atoms with Gasteiger partial charge in [0.25, 0.3) is 11.8 Å². The topological polar surface area (TPSA) is 136 Å². The number of fused-ring (bicyclic) bond motifs is 1. The summed E-state index contributed by atoms with van der Waals surface area (Å²) in [7, 11) is -1.66. The predicted molar refractivity (Wildman–Crippen MR) is 115 cm³/mol. The Kier molecular flexibility index (Phi) is 5.26. The third-order valence-electron chi connectivity index (χ3n) is 4.82. The smallest absolute Gasteiger partial charge is 0.270 e. The Morgan fingerprint density at radius 2 is 1.75 bits per heavy atom. The van der Waals surface area contributed by atoms with Gasteiger partial charge in [0.2, 0.25) is 0 Å². The minimum absolute atomic E-state index is 0.0924. The number of rotatable bonds is 4. The molecule has 0 fully saturated rings. The summed E-state index contributed by atoms with van der Waals surface area (Å²) in [5.74, 6) is -0.685. The second-order valence-electron chi connectivity index (χ2n) is 7.14. The lowest BCUT2D eigenvalue weighted by atomic mass is 10.1. The third kappa shape index (κ3) is 3.97. The SMILES string of the molecule is Cc1nn(C)c2nc(-c3ccco3)cc(C(=O)NNC(=O)c3ccc(S(C)(=O)=O)cc3)c12. The first-order chi connectivity index (χ1) is 15.1. The summed E-state index contributed by atoms with van der Waals surface area (Å²) in [5.41, 5.74) is 6.72. The van der Waals surface area contributed by atoms with Crippen LogP contribution in [0.2, 0.25) is 0 Å². The van der Waals surface area contributed by atoms with E-state index in [0.717, 1.165) is 6.26 Å². The fourth-order valence-electron chi connectivity index (χ4n) is 3.28. The quantitative estimate of drug-likeness (QED) is 0.451. The maximum atomic E-state index is 13.0. The van der Waals surface area contributed by atoms with Gasteiger partial charge in [-0.2, -0.15) is 5.10 Å². The van der Waals surface area contributed by atoms with Crippen LogP contribution in [0, 0.1) is 6.92 Å². The lowest BCUT2D eigenvalue weighted by Crippen LogP contribution is -2.41. The van der Waals surface area contributed by atoms with Gasteiger partial charge < -0.3 is 4.42 Å². The van der Waals surface area contributed by atoms with Gasteiger partial charge in [-0.05, 0) is 49.4 Å². The number of furan rings is 1. The van der Waals surface area contributed by atoms with Crippen molar-refractivity contribution in [3.8, 4) is 11.5 Å². The first-order valence-electron chi connectivity index (χ1n) is 9.44. The summed E-state index contributed by atoms with van der Waals surface area (Å²) in [4.78, 5) is 30.0. The second kappa shape index (κ2) is 7.93. The van der Waals surface area contributed by atoms with Crippen LogP contribution in [0.15, 0.2) is 58.0 Å². The highest BCUT2D eigenvalue weighted by atomic mass is 32.2. The molecule has 4 rings (SSSR count). The van der Waals surface area contributed by atoms with Crippen LogP contribution in [0.1, 0.15) is 26.4 Å². The van der Waals surface area contributed by atoms with Gasteiger partial charge in [0.1, 0.15) is 5.69 Å². The van der Waals surface area contributed by atoms with Crippen LogP contribution >= 0.6 is 0 Å². The van der Waals surface area contributed by atoms with Crippen molar-refractivity contribution in [2.45, 2.75) is 11.8 Å². The molecular formula is C21H19N5O5S. The lowest BCUT2D eigenvalue weighted by Gasteiger charge is -2.10. The normalized spacial score (nSPS) is 11.5. The highest BCUT2D eigenvalue weighted by Crippen LogP contribution is 2.27. The number of aryl methyl sites for hydroxylation is 2. The summed E-state index contributed by atoms with van der Waals surface area (Å²) in [6.45, 7) is 1.76. The van der Waals surface area contributed by atoms with Gasteiger partial charge in [-0.1, -0.05) is 0 Å². The molecule has 0 aliphatic rings. The van der Waals surface area contributed by atoms with Crippen molar-refractivity contribution >= 4 is 32.7 Å². The Balaban J connectivity index is 1.60. The van der Waals surface area contributed by atoms with Crippen molar-refractivity contribution in [2.24, 2.45) is 7.05 Å². The number of hydrogen-bond acceptors (Lipinski definition) is 7. The molecule has 0 unspecified atom stereocenters. The Hall–Kier alpha value is -3.99. The zero-order chi connectivity index (χ0) is 23.0. The molecule has 3 aromatic heterocycles. The van der Waals surface area contributed by atoms with Crippen molar-refractivity contribution < 1.29 is 22.4 Å². The zero-order valence-corrected chi connectivity index (χ0v) is 18.2. The summed E-state index contributed by atoms with van der Waals surface area (Å²) in [5, 5.41) is 4.88. The van der Waals surface area contributed by atoms with Crippen LogP contribution in [0.4, 0.5) is 0 Å². The first-order valence-corrected chi connectivity index (χ1v) is 11.3. The number of carbonyl (C=O) groups is 2. The fraction of sp³-hybridized carbons (Fsp3) is 0.143. The highest BCUT2D eigenvalue weighted by Gasteiger charge is 2.20. The molecule has 0 aliphatic carbocycles. The molecule has 10 nitrogen and oxygen atoms in total. The van der Waals surface area contributed by atoms with E-state index >= 15 is 0 Å². The standard InChI is InChI=1S/C21H19N5O5S/c1-12-18-15(11-16(17-5-4-10-31-17)22-19(18)26(2)25-12)21(28)24-23-20(27)13-6-8-14(9-7-13)32(3,29)30/h4-11H,1-3H3,(H,23,27)(H,24,28). The number of hydrazine groups is 1. The maximum absolute atomic E-state index is 13.0. The van der Waals surface area contributed by atoms with E-state index in [1.54, 1.807) is 36.9 Å². The molecule has 0 aliphatic heterocycles. The monoisotopic (exact) mass is 453 g/mol. The molecule has 0 saturated heterocycles. The van der Waals surface area contributed by atoms with E-state index in [1.165, 1.54) is 30.5 Å². The van der Waals surface area contributed by atoms with Gasteiger partial charge in [0.05, 0.1) is 27.8 Å². The van der Waals surface area contributed by atoms with Crippen molar-refractivity contribution in [2.75, 3.05) is 6.26 Å². The minimum atomic E-state index is -3.38. The van der Waals surface area contributed by atoms with Crippen LogP contribution in [-0.2, 0) is 16.9 Å². The number of amides is 2. The molecular weight excluding hydrogens is 434 g/mol. The van der Waals surface area contributed by atoms with Crippen LogP contribution in [-0.4, -0.2) is 41.3 Å². The number of benzene rings is 1. The molecule has 0 spiro atoms. The van der Waals surface area contributed by atoms with E-state index in [1.807, 2.05) is 0 Å². The van der Waals surface area contributed by atoms with Crippen molar-refractivity contribution in [3.63, 3.8) is 0 Å². The first kappa shape index (κ1) is 21.2. The molecule has 0 radical (unpaired) electrons.